The molecule has 0 atom stereocenters. The molecule has 0 aromatic carbocycles. The van der Waals surface area contributed by atoms with Crippen molar-refractivity contribution in [3.05, 3.63) is 24.0 Å². The summed E-state index contributed by atoms with van der Waals surface area (Å²) in [4.78, 5) is 15.0. The summed E-state index contributed by atoms with van der Waals surface area (Å²) in [6, 6.07) is 3.64. The number of esters is 1. The Morgan fingerprint density at radius 1 is 1.50 bits per heavy atom. The third-order valence-corrected chi connectivity index (χ3v) is 1.94. The zero-order valence-corrected chi connectivity index (χ0v) is 9.53. The van der Waals surface area contributed by atoms with Gasteiger partial charge in [-0.1, -0.05) is 6.92 Å². The van der Waals surface area contributed by atoms with Crippen LogP contribution in [0.1, 0.15) is 12.6 Å². The van der Waals surface area contributed by atoms with Crippen LogP contribution < -0.4 is 10.1 Å². The molecule has 1 aromatic heterocycles. The molecule has 0 saturated carbocycles. The van der Waals surface area contributed by atoms with Gasteiger partial charge in [0.25, 0.3) is 0 Å². The highest BCUT2D eigenvalue weighted by Crippen LogP contribution is 2.08. The Hall–Kier alpha value is -1.62. The Labute approximate surface area is 94.8 Å². The Morgan fingerprint density at radius 3 is 2.88 bits per heavy atom. The first-order chi connectivity index (χ1) is 7.76. The van der Waals surface area contributed by atoms with Crippen molar-refractivity contribution in [2.75, 3.05) is 20.3 Å². The quantitative estimate of drug-likeness (QED) is 0.722. The number of hydrogen-bond acceptors (Lipinski definition) is 5. The number of ether oxygens (including phenoxy) is 2. The monoisotopic (exact) mass is 224 g/mol. The number of nitrogens with zero attached hydrogens (tertiary/aromatic N) is 1. The topological polar surface area (TPSA) is 60.5 Å². The van der Waals surface area contributed by atoms with Gasteiger partial charge >= 0.3 is 5.97 Å². The molecule has 1 heterocycles. The smallest absolute Gasteiger partial charge is 0.343 e. The molecule has 0 spiro atoms. The average molecular weight is 224 g/mol. The molecule has 1 aromatic rings. The molecule has 0 fully saturated rings. The molecule has 0 amide bonds. The number of aromatic nitrogens is 1. The average Bonchev–Trinajstić information content (AvgIpc) is 2.34. The van der Waals surface area contributed by atoms with E-state index in [1.54, 1.807) is 12.3 Å². The van der Waals surface area contributed by atoms with Crippen LogP contribution in [0.5, 0.6) is 5.75 Å². The van der Waals surface area contributed by atoms with Crippen molar-refractivity contribution >= 4 is 5.97 Å². The van der Waals surface area contributed by atoms with Gasteiger partial charge in [-0.2, -0.15) is 0 Å². The molecule has 5 heteroatoms. The standard InChI is InChI=1S/C11H16N2O3/c1-3-12-6-9-4-5-10(7-13-9)16-8-11(14)15-2/h4-5,7,12H,3,6,8H2,1-2H3. The molecule has 1 N–H and O–H groups in total. The van der Waals surface area contributed by atoms with Gasteiger partial charge in [0.15, 0.2) is 6.61 Å². The summed E-state index contributed by atoms with van der Waals surface area (Å²) in [6.45, 7) is 3.58. The molecule has 0 aliphatic heterocycles. The van der Waals surface area contributed by atoms with E-state index in [9.17, 15) is 4.79 Å². The molecule has 0 saturated heterocycles. The van der Waals surface area contributed by atoms with Gasteiger partial charge in [-0.05, 0) is 18.7 Å². The summed E-state index contributed by atoms with van der Waals surface area (Å²) < 4.78 is 9.62. The van der Waals surface area contributed by atoms with E-state index in [2.05, 4.69) is 15.0 Å². The maximum Gasteiger partial charge on any atom is 0.343 e. The summed E-state index contributed by atoms with van der Waals surface area (Å²) >= 11 is 0. The van der Waals surface area contributed by atoms with E-state index in [0.29, 0.717) is 5.75 Å². The minimum Gasteiger partial charge on any atom is -0.480 e. The van der Waals surface area contributed by atoms with Gasteiger partial charge in [0, 0.05) is 6.54 Å². The lowest BCUT2D eigenvalue weighted by atomic mass is 10.3. The third-order valence-electron chi connectivity index (χ3n) is 1.94. The normalized spacial score (nSPS) is 9.88. The number of pyridine rings is 1. The first kappa shape index (κ1) is 12.4. The zero-order valence-electron chi connectivity index (χ0n) is 9.53. The van der Waals surface area contributed by atoms with Gasteiger partial charge in [-0.3, -0.25) is 4.98 Å². The highest BCUT2D eigenvalue weighted by atomic mass is 16.6. The number of nitrogens with one attached hydrogen (secondary N) is 1. The fourth-order valence-electron chi connectivity index (χ4n) is 1.06. The van der Waals surface area contributed by atoms with Crippen LogP contribution in [0.15, 0.2) is 18.3 Å². The predicted octanol–water partition coefficient (Wildman–Crippen LogP) is 0.743. The van der Waals surface area contributed by atoms with Gasteiger partial charge < -0.3 is 14.8 Å². The number of carbonyl (C=O) groups is 1. The highest BCUT2D eigenvalue weighted by molar-refractivity contribution is 5.70. The molecule has 1 rings (SSSR count). The van der Waals surface area contributed by atoms with Crippen LogP contribution in [-0.2, 0) is 16.1 Å². The Balaban J connectivity index is 2.41. The molecule has 0 bridgehead atoms. The van der Waals surface area contributed by atoms with Crippen LogP contribution >= 0.6 is 0 Å². The Bertz CT molecular complexity index is 325. The van der Waals surface area contributed by atoms with E-state index in [0.717, 1.165) is 18.8 Å². The molecule has 0 unspecified atom stereocenters. The van der Waals surface area contributed by atoms with Gasteiger partial charge in [-0.15, -0.1) is 0 Å². The zero-order chi connectivity index (χ0) is 11.8. The number of hydrogen-bond donors (Lipinski definition) is 1. The fourth-order valence-corrected chi connectivity index (χ4v) is 1.06. The summed E-state index contributed by atoms with van der Waals surface area (Å²) in [6.07, 6.45) is 1.59. The van der Waals surface area contributed by atoms with Crippen molar-refractivity contribution in [3.63, 3.8) is 0 Å². The second kappa shape index (κ2) is 6.79. The maximum absolute atomic E-state index is 10.8. The molecule has 0 radical (unpaired) electrons. The van der Waals surface area contributed by atoms with Crippen LogP contribution in [0.4, 0.5) is 0 Å². The molecular weight excluding hydrogens is 208 g/mol. The van der Waals surface area contributed by atoms with Crippen molar-refractivity contribution < 1.29 is 14.3 Å². The lowest BCUT2D eigenvalue weighted by Gasteiger charge is -2.05. The number of rotatable bonds is 6. The van der Waals surface area contributed by atoms with Crippen LogP contribution in [-0.4, -0.2) is 31.2 Å². The lowest BCUT2D eigenvalue weighted by Crippen LogP contribution is -2.14. The molecule has 0 aliphatic rings. The fraction of sp³-hybridized carbons (Fsp3) is 0.455. The maximum atomic E-state index is 10.8. The largest absolute Gasteiger partial charge is 0.480 e. The second-order valence-corrected chi connectivity index (χ2v) is 3.13. The van der Waals surface area contributed by atoms with Gasteiger partial charge in [0.05, 0.1) is 19.0 Å². The predicted molar refractivity (Wildman–Crippen MR) is 59.1 cm³/mol. The third kappa shape index (κ3) is 4.27. The Morgan fingerprint density at radius 2 is 2.31 bits per heavy atom. The molecule has 16 heavy (non-hydrogen) atoms. The molecule has 88 valence electrons. The summed E-state index contributed by atoms with van der Waals surface area (Å²) in [5.74, 6) is 0.155. The van der Waals surface area contributed by atoms with Gasteiger partial charge in [0.2, 0.25) is 0 Å². The van der Waals surface area contributed by atoms with Crippen LogP contribution in [0.2, 0.25) is 0 Å². The minimum atomic E-state index is -0.406. The summed E-state index contributed by atoms with van der Waals surface area (Å²) in [5.41, 5.74) is 0.937. The lowest BCUT2D eigenvalue weighted by molar-refractivity contribution is -0.142. The van der Waals surface area contributed by atoms with Gasteiger partial charge in [-0.25, -0.2) is 4.79 Å². The van der Waals surface area contributed by atoms with E-state index < -0.39 is 5.97 Å². The number of methoxy groups -OCH3 is 1. The van der Waals surface area contributed by atoms with E-state index in [4.69, 9.17) is 4.74 Å². The van der Waals surface area contributed by atoms with Crippen LogP contribution in [0.3, 0.4) is 0 Å². The van der Waals surface area contributed by atoms with Crippen molar-refractivity contribution in [2.45, 2.75) is 13.5 Å². The van der Waals surface area contributed by atoms with Gasteiger partial charge in [0.1, 0.15) is 5.75 Å². The summed E-state index contributed by atoms with van der Waals surface area (Å²) in [5, 5.41) is 3.17. The minimum absolute atomic E-state index is 0.0925. The number of carbonyl (C=O) groups excluding carboxylic acids is 1. The van der Waals surface area contributed by atoms with E-state index >= 15 is 0 Å². The van der Waals surface area contributed by atoms with Crippen LogP contribution in [0.25, 0.3) is 0 Å². The van der Waals surface area contributed by atoms with Crippen molar-refractivity contribution in [3.8, 4) is 5.75 Å². The summed E-state index contributed by atoms with van der Waals surface area (Å²) in [7, 11) is 1.32. The van der Waals surface area contributed by atoms with E-state index in [1.165, 1.54) is 7.11 Å². The second-order valence-electron chi connectivity index (χ2n) is 3.13. The Kier molecular flexibility index (Phi) is 5.28. The van der Waals surface area contributed by atoms with Crippen molar-refractivity contribution in [1.29, 1.82) is 0 Å². The molecular formula is C11H16N2O3. The first-order valence-corrected chi connectivity index (χ1v) is 5.11. The first-order valence-electron chi connectivity index (χ1n) is 5.11. The van der Waals surface area contributed by atoms with Crippen LogP contribution in [0, 0.1) is 0 Å². The highest BCUT2D eigenvalue weighted by Gasteiger charge is 2.01. The molecule has 5 nitrogen and oxygen atoms in total. The van der Waals surface area contributed by atoms with Crippen molar-refractivity contribution in [2.24, 2.45) is 0 Å². The van der Waals surface area contributed by atoms with E-state index in [1.807, 2.05) is 13.0 Å². The SMILES string of the molecule is CCNCc1ccc(OCC(=O)OC)cn1. The van der Waals surface area contributed by atoms with Crippen molar-refractivity contribution in [1.82, 2.24) is 10.3 Å². The van der Waals surface area contributed by atoms with E-state index in [-0.39, 0.29) is 6.61 Å². The molecule has 0 aliphatic carbocycles.